The van der Waals surface area contributed by atoms with Gasteiger partial charge < -0.3 is 10.2 Å². The van der Waals surface area contributed by atoms with E-state index in [-0.39, 0.29) is 17.4 Å². The van der Waals surface area contributed by atoms with Crippen LogP contribution in [0.1, 0.15) is 11.3 Å². The number of aliphatic imine (C=N–C) groups is 1. The number of phenolic OH excluding ortho intramolecular Hbond substituents is 2. The highest BCUT2D eigenvalue weighted by Gasteiger charge is 2.32. The van der Waals surface area contributed by atoms with Crippen molar-refractivity contribution in [2.24, 2.45) is 4.99 Å². The van der Waals surface area contributed by atoms with E-state index in [1.807, 2.05) is 19.1 Å². The first-order chi connectivity index (χ1) is 12.5. The van der Waals surface area contributed by atoms with Crippen LogP contribution in [-0.4, -0.2) is 37.7 Å². The Morgan fingerprint density at radius 1 is 1.27 bits per heavy atom. The second-order valence-electron chi connectivity index (χ2n) is 5.59. The standard InChI is InChI=1S/C19H17N3O3S/c1-3-9-22-18(25)16(11-13-7-8-14(23)15(24)10-13)26-19(22)21-17-6-4-5-12(2)20-17/h3-8,10-11,23-24H,1,9H2,2H3/b16-11-,21-19+. The lowest BCUT2D eigenvalue weighted by Gasteiger charge is -2.12. The summed E-state index contributed by atoms with van der Waals surface area (Å²) in [6.45, 7) is 5.89. The number of hydrogen-bond donors (Lipinski definition) is 2. The van der Waals surface area contributed by atoms with Crippen molar-refractivity contribution in [3.8, 4) is 11.5 Å². The molecule has 3 rings (SSSR count). The lowest BCUT2D eigenvalue weighted by molar-refractivity contribution is -0.121. The molecule has 1 aliphatic rings. The second kappa shape index (κ2) is 7.45. The summed E-state index contributed by atoms with van der Waals surface area (Å²) in [5.41, 5.74) is 1.44. The monoisotopic (exact) mass is 367 g/mol. The van der Waals surface area contributed by atoms with Crippen LogP contribution in [-0.2, 0) is 4.79 Å². The summed E-state index contributed by atoms with van der Waals surface area (Å²) in [6.07, 6.45) is 3.28. The highest BCUT2D eigenvalue weighted by atomic mass is 32.2. The number of hydrogen-bond acceptors (Lipinski definition) is 6. The molecule has 1 aromatic carbocycles. The van der Waals surface area contributed by atoms with Crippen LogP contribution in [0, 0.1) is 6.92 Å². The van der Waals surface area contributed by atoms with E-state index in [4.69, 9.17) is 0 Å². The molecule has 0 unspecified atom stereocenters. The third-order valence-electron chi connectivity index (χ3n) is 3.58. The van der Waals surface area contributed by atoms with Crippen LogP contribution in [0.3, 0.4) is 0 Å². The maximum Gasteiger partial charge on any atom is 0.267 e. The van der Waals surface area contributed by atoms with Gasteiger partial charge in [-0.05, 0) is 54.6 Å². The van der Waals surface area contributed by atoms with Crippen LogP contribution in [0.4, 0.5) is 5.82 Å². The fraction of sp³-hybridized carbons (Fsp3) is 0.105. The SMILES string of the molecule is C=CCN1C(=O)/C(=C/c2ccc(O)c(O)c2)S/C1=N/c1cccc(C)n1. The second-order valence-corrected chi connectivity index (χ2v) is 6.60. The van der Waals surface area contributed by atoms with Crippen molar-refractivity contribution in [3.05, 3.63) is 65.2 Å². The quantitative estimate of drug-likeness (QED) is 0.490. The predicted octanol–water partition coefficient (Wildman–Crippen LogP) is 3.59. The average molecular weight is 367 g/mol. The average Bonchev–Trinajstić information content (AvgIpc) is 2.87. The van der Waals surface area contributed by atoms with E-state index >= 15 is 0 Å². The Bertz CT molecular complexity index is 937. The summed E-state index contributed by atoms with van der Waals surface area (Å²) in [5, 5.41) is 19.5. The number of carbonyl (C=O) groups excluding carboxylic acids is 1. The van der Waals surface area contributed by atoms with Gasteiger partial charge in [-0.15, -0.1) is 6.58 Å². The number of thioether (sulfide) groups is 1. The third kappa shape index (κ3) is 3.78. The van der Waals surface area contributed by atoms with Crippen LogP contribution in [0.25, 0.3) is 6.08 Å². The molecule has 1 aliphatic heterocycles. The summed E-state index contributed by atoms with van der Waals surface area (Å²) >= 11 is 1.23. The van der Waals surface area contributed by atoms with Crippen molar-refractivity contribution in [1.29, 1.82) is 0 Å². The highest BCUT2D eigenvalue weighted by molar-refractivity contribution is 8.18. The van der Waals surface area contributed by atoms with Crippen LogP contribution in [0.2, 0.25) is 0 Å². The van der Waals surface area contributed by atoms with Crippen molar-refractivity contribution in [2.75, 3.05) is 6.54 Å². The van der Waals surface area contributed by atoms with Gasteiger partial charge in [0.2, 0.25) is 0 Å². The summed E-state index contributed by atoms with van der Waals surface area (Å²) in [6, 6.07) is 9.89. The number of rotatable bonds is 4. The number of pyridine rings is 1. The number of amidine groups is 1. The first-order valence-corrected chi connectivity index (χ1v) is 8.66. The van der Waals surface area contributed by atoms with Gasteiger partial charge in [0.15, 0.2) is 22.5 Å². The van der Waals surface area contributed by atoms with E-state index in [1.54, 1.807) is 24.3 Å². The van der Waals surface area contributed by atoms with E-state index < -0.39 is 0 Å². The molecular weight excluding hydrogens is 350 g/mol. The summed E-state index contributed by atoms with van der Waals surface area (Å²) < 4.78 is 0. The topological polar surface area (TPSA) is 86.0 Å². The summed E-state index contributed by atoms with van der Waals surface area (Å²) in [7, 11) is 0. The lowest BCUT2D eigenvalue weighted by Crippen LogP contribution is -2.29. The van der Waals surface area contributed by atoms with Crippen LogP contribution in [0.5, 0.6) is 11.5 Å². The van der Waals surface area contributed by atoms with Gasteiger partial charge in [0.1, 0.15) is 0 Å². The zero-order valence-corrected chi connectivity index (χ0v) is 14.9. The van der Waals surface area contributed by atoms with Gasteiger partial charge in [0, 0.05) is 12.2 Å². The number of phenols is 2. The van der Waals surface area contributed by atoms with Crippen LogP contribution < -0.4 is 0 Å². The van der Waals surface area contributed by atoms with E-state index in [1.165, 1.54) is 28.8 Å². The van der Waals surface area contributed by atoms with Crippen molar-refractivity contribution in [3.63, 3.8) is 0 Å². The van der Waals surface area contributed by atoms with E-state index in [2.05, 4.69) is 16.6 Å². The Hall–Kier alpha value is -3.06. The normalized spacial score (nSPS) is 17.3. The molecule has 0 spiro atoms. The lowest BCUT2D eigenvalue weighted by atomic mass is 10.2. The zero-order valence-electron chi connectivity index (χ0n) is 14.1. The van der Waals surface area contributed by atoms with Crippen molar-refractivity contribution >= 4 is 34.7 Å². The molecule has 0 atom stereocenters. The molecule has 2 N–H and O–H groups in total. The number of benzene rings is 1. The smallest absolute Gasteiger partial charge is 0.267 e. The Balaban J connectivity index is 1.96. The number of carbonyl (C=O) groups is 1. The molecule has 0 bridgehead atoms. The molecule has 1 saturated heterocycles. The fourth-order valence-electron chi connectivity index (χ4n) is 2.35. The van der Waals surface area contributed by atoms with E-state index in [9.17, 15) is 15.0 Å². The molecule has 1 amide bonds. The van der Waals surface area contributed by atoms with Crippen LogP contribution in [0.15, 0.2) is 59.0 Å². The molecule has 26 heavy (non-hydrogen) atoms. The molecule has 132 valence electrons. The number of aromatic nitrogens is 1. The third-order valence-corrected chi connectivity index (χ3v) is 4.59. The maximum atomic E-state index is 12.7. The number of amides is 1. The summed E-state index contributed by atoms with van der Waals surface area (Å²) in [4.78, 5) is 23.5. The van der Waals surface area contributed by atoms with Crippen molar-refractivity contribution < 1.29 is 15.0 Å². The largest absolute Gasteiger partial charge is 0.504 e. The minimum atomic E-state index is -0.240. The fourth-order valence-corrected chi connectivity index (χ4v) is 3.35. The molecule has 0 radical (unpaired) electrons. The van der Waals surface area contributed by atoms with Crippen molar-refractivity contribution in [2.45, 2.75) is 6.92 Å². The summed E-state index contributed by atoms with van der Waals surface area (Å²) in [5.74, 6) is -0.124. The van der Waals surface area contributed by atoms with Gasteiger partial charge in [0.25, 0.3) is 5.91 Å². The molecular formula is C19H17N3O3S. The first-order valence-electron chi connectivity index (χ1n) is 7.84. The van der Waals surface area contributed by atoms with Crippen LogP contribution >= 0.6 is 11.8 Å². The maximum absolute atomic E-state index is 12.7. The number of aryl methyl sites for hydroxylation is 1. The Morgan fingerprint density at radius 2 is 2.08 bits per heavy atom. The molecule has 0 saturated carbocycles. The zero-order chi connectivity index (χ0) is 18.7. The molecule has 1 fully saturated rings. The minimum absolute atomic E-state index is 0.200. The molecule has 2 aromatic rings. The first kappa shape index (κ1) is 17.8. The molecule has 2 heterocycles. The van der Waals surface area contributed by atoms with Gasteiger partial charge in [-0.2, -0.15) is 0 Å². The molecule has 6 nitrogen and oxygen atoms in total. The molecule has 1 aromatic heterocycles. The van der Waals surface area contributed by atoms with E-state index in [0.717, 1.165) is 5.69 Å². The van der Waals surface area contributed by atoms with Gasteiger partial charge in [-0.1, -0.05) is 18.2 Å². The number of nitrogens with zero attached hydrogens (tertiary/aromatic N) is 3. The van der Waals surface area contributed by atoms with E-state index in [0.29, 0.717) is 28.0 Å². The van der Waals surface area contributed by atoms with Crippen molar-refractivity contribution in [1.82, 2.24) is 9.88 Å². The number of aromatic hydroxyl groups is 2. The minimum Gasteiger partial charge on any atom is -0.504 e. The Morgan fingerprint density at radius 3 is 2.77 bits per heavy atom. The van der Waals surface area contributed by atoms with Gasteiger partial charge >= 0.3 is 0 Å². The molecule has 0 aliphatic carbocycles. The van der Waals surface area contributed by atoms with Gasteiger partial charge in [-0.25, -0.2) is 9.98 Å². The Kier molecular flexibility index (Phi) is 5.09. The highest BCUT2D eigenvalue weighted by Crippen LogP contribution is 2.35. The Labute approximate surface area is 155 Å². The predicted molar refractivity (Wildman–Crippen MR) is 103 cm³/mol. The molecule has 7 heteroatoms. The van der Waals surface area contributed by atoms with Gasteiger partial charge in [0.05, 0.1) is 4.91 Å². The van der Waals surface area contributed by atoms with Gasteiger partial charge in [-0.3, -0.25) is 9.69 Å².